The van der Waals surface area contributed by atoms with Crippen molar-refractivity contribution in [3.05, 3.63) is 145 Å². The predicted octanol–water partition coefficient (Wildman–Crippen LogP) is 1.95. The number of amides is 10. The molecule has 3 saturated heterocycles. The van der Waals surface area contributed by atoms with Gasteiger partial charge in [-0.3, -0.25) is 54.1 Å². The van der Waals surface area contributed by atoms with Crippen LogP contribution in [0.5, 0.6) is 46.0 Å². The van der Waals surface area contributed by atoms with Gasteiger partial charge < -0.3 is 128 Å². The molecule has 3 fully saturated rings. The van der Waals surface area contributed by atoms with E-state index < -0.39 is 232 Å². The highest BCUT2D eigenvalue weighted by Crippen LogP contribution is 2.50. The molecular formula is C81H97Cl4N15O24. The van der Waals surface area contributed by atoms with Crippen molar-refractivity contribution in [1.82, 2.24) is 68.7 Å². The third-order valence-corrected chi connectivity index (χ3v) is 22.9. The Morgan fingerprint density at radius 3 is 1.94 bits per heavy atom. The number of phenols is 3. The minimum Gasteiger partial charge on any atom is -0.508 e. The van der Waals surface area contributed by atoms with Crippen molar-refractivity contribution in [1.29, 1.82) is 0 Å². The molecular weight excluding hydrogens is 1710 g/mol. The van der Waals surface area contributed by atoms with Crippen LogP contribution in [0.3, 0.4) is 0 Å². The molecule has 8 aliphatic heterocycles. The van der Waals surface area contributed by atoms with E-state index in [-0.39, 0.29) is 70.6 Å². The zero-order valence-electron chi connectivity index (χ0n) is 67.5. The van der Waals surface area contributed by atoms with Gasteiger partial charge in [0.05, 0.1) is 41.3 Å². The van der Waals surface area contributed by atoms with Gasteiger partial charge in [0.15, 0.2) is 23.9 Å². The zero-order chi connectivity index (χ0) is 89.6. The summed E-state index contributed by atoms with van der Waals surface area (Å²) in [4.78, 5) is 135. The number of nitrogens with zero attached hydrogens (tertiary/aromatic N) is 2. The van der Waals surface area contributed by atoms with Gasteiger partial charge >= 0.3 is 6.03 Å². The molecule has 0 aromatic heterocycles. The fourth-order valence-electron chi connectivity index (χ4n) is 15.4. The number of ether oxygens (including phenoxy) is 6. The largest absolute Gasteiger partial charge is 0.508 e. The first-order valence-electron chi connectivity index (χ1n) is 39.6. The first kappa shape index (κ1) is 92.9. The van der Waals surface area contributed by atoms with Crippen LogP contribution in [0.15, 0.2) is 97.1 Å². The van der Waals surface area contributed by atoms with Crippen molar-refractivity contribution in [2.45, 2.75) is 163 Å². The van der Waals surface area contributed by atoms with Gasteiger partial charge in [0.1, 0.15) is 95.5 Å². The summed E-state index contributed by atoms with van der Waals surface area (Å²) < 4.78 is 39.6. The normalized spacial score (nSPS) is 27.1. The van der Waals surface area contributed by atoms with Crippen molar-refractivity contribution >= 4 is 105 Å². The van der Waals surface area contributed by atoms with Crippen molar-refractivity contribution in [3.63, 3.8) is 0 Å². The van der Waals surface area contributed by atoms with E-state index in [1.165, 1.54) is 31.3 Å². The molecule has 18 atom stereocenters. The summed E-state index contributed by atoms with van der Waals surface area (Å²) in [7, 11) is 1.48. The maximum atomic E-state index is 16.3. The standard InChI is InChI=1S/C81H97Cl4N15O24/c1-7-89-97-78(117)62-45-29-43(102)30-51(104)59(45)44-21-36(8-11-50(44)103)60-74(113)96-64(77(116)94-62)66(107)38-10-13-53(47(85)23-38)121-55-25-39-24-54(120-52-12-9-37(22-46(52)84)65(106)63(95-72(111)48(87-6)20-34(2)3)76(115)91-49(31-57(86)105)73(112)92-61(39)75(114)93-60)69(55)124-79-70(68(109)67(108)56(33-101)122-79)123-58-32-81(5,71(110)35(4)119-58)88-14-15-99-16-18-100(19-17-99)98-80(118)90-42-27-40(82)26-41(83)28-42/h8-13,21-30,34-35,48-49,56,58,60-68,70-71,79,87-89,101-104,106-110H,7,14-20,31-33H2,1-6H3,(H2,86,105)(H,91,115)(H,92,112)(H,93,114)(H,94,116)(H,95,111)(H,96,113)(H,97,117)(H2,90,98,118)/t35-,48+,49-,56+,58-,60+,61+,62+,63+,64-,65+,66+,67+,68-,70+,71+,79-,81-/m0/s1. The van der Waals surface area contributed by atoms with Crippen molar-refractivity contribution in [2.24, 2.45) is 11.7 Å². The van der Waals surface area contributed by atoms with E-state index in [1.54, 1.807) is 37.9 Å². The Kier molecular flexibility index (Phi) is 29.9. The van der Waals surface area contributed by atoms with E-state index in [4.69, 9.17) is 80.6 Å². The molecule has 8 aliphatic rings. The molecule has 0 radical (unpaired) electrons. The number of halogens is 4. The van der Waals surface area contributed by atoms with E-state index in [2.05, 4.69) is 69.0 Å². The number of carbonyl (C=O) groups excluding carboxylic acids is 9. The summed E-state index contributed by atoms with van der Waals surface area (Å²) in [5, 5.41) is 132. The average Bonchev–Trinajstić information content (AvgIpc) is 0.765. The lowest BCUT2D eigenvalue weighted by atomic mass is 9.85. The summed E-state index contributed by atoms with van der Waals surface area (Å²) >= 11 is 26.7. The maximum absolute atomic E-state index is 16.3. The topological polar surface area (TPSA) is 568 Å². The number of nitrogens with two attached hydrogens (primary N) is 1. The van der Waals surface area contributed by atoms with Gasteiger partial charge in [-0.05, 0) is 134 Å². The molecule has 43 heteroatoms. The molecule has 10 amide bonds. The highest BCUT2D eigenvalue weighted by molar-refractivity contribution is 6.35. The predicted molar refractivity (Wildman–Crippen MR) is 444 cm³/mol. The third-order valence-electron chi connectivity index (χ3n) is 21.8. The number of likely N-dealkylation sites (N-methyl/N-ethyl adjacent to an activating group) is 1. The quantitative estimate of drug-likeness (QED) is 0.0458. The molecule has 8 heterocycles. The minimum absolute atomic E-state index is 0.110. The number of phenolic OH excluding ortho intramolecular Hbond substituents is 3. The fraction of sp³-hybridized carbons (Fsp3) is 0.444. The van der Waals surface area contributed by atoms with E-state index in [0.29, 0.717) is 48.5 Å². The molecule has 668 valence electrons. The Balaban J connectivity index is 0.983. The monoisotopic (exact) mass is 1800 g/mol. The number of hydrazine groups is 2. The van der Waals surface area contributed by atoms with Crippen molar-refractivity contribution in [2.75, 3.05) is 64.8 Å². The van der Waals surface area contributed by atoms with Crippen LogP contribution in [0, 0.1) is 5.92 Å². The number of rotatable bonds is 21. The number of urea groups is 1. The number of aliphatic hydroxyl groups is 6. The Labute approximate surface area is 729 Å². The zero-order valence-corrected chi connectivity index (χ0v) is 70.6. The van der Waals surface area contributed by atoms with Crippen LogP contribution in [-0.2, 0) is 52.6 Å². The van der Waals surface area contributed by atoms with Crippen LogP contribution >= 0.6 is 46.4 Å². The van der Waals surface area contributed by atoms with Crippen molar-refractivity contribution in [3.8, 4) is 57.1 Å². The number of aliphatic hydroxyl groups excluding tert-OH is 6. The summed E-state index contributed by atoms with van der Waals surface area (Å²) in [6.45, 7) is 10.3. The molecule has 14 rings (SSSR count). The van der Waals surface area contributed by atoms with E-state index in [0.717, 1.165) is 60.7 Å². The summed E-state index contributed by atoms with van der Waals surface area (Å²) in [5.74, 6) is -14.9. The first-order valence-corrected chi connectivity index (χ1v) is 41.2. The van der Waals surface area contributed by atoms with E-state index in [1.807, 2.05) is 13.8 Å². The van der Waals surface area contributed by atoms with Crippen LogP contribution in [0.4, 0.5) is 10.5 Å². The van der Waals surface area contributed by atoms with Gasteiger partial charge in [-0.2, -0.15) is 0 Å². The number of primary amides is 1. The lowest BCUT2D eigenvalue weighted by Crippen LogP contribution is -2.66. The minimum atomic E-state index is -2.36. The van der Waals surface area contributed by atoms with Gasteiger partial charge in [0.25, 0.3) is 5.91 Å². The molecule has 0 spiro atoms. The summed E-state index contributed by atoms with van der Waals surface area (Å²) in [6, 6.07) is 4.28. The fourth-order valence-corrected chi connectivity index (χ4v) is 16.4. The van der Waals surface area contributed by atoms with Crippen LogP contribution < -0.4 is 84.1 Å². The SMILES string of the molecule is CCNNC(=O)[C@@H]1NC(=O)[C@H]2NC(=O)[C@H](NC(=O)[C@@H]3NC(=O)[C@H](CC(N)=O)NC(=O)[C@H](NC(=O)[C@@H](CC(C)C)NC)[C@H](O)c4ccc(c(Cl)c4)Oc4cc3cc(c4O[C@@H]3O[C@H](CO)[C@@H](O)[C@H](O)[C@H]3O[C@H]3C[C@](C)(NCCN4CCN(NC(=O)Nc5cc(Cl)cc(Cl)c5)CC4)[C@H](O)[C@H](C)O3)Oc3ccc(cc3Cl)[C@H]2O)c2ccc(O)c(c2)-c2c(O)cc(O)cc21. The smallest absolute Gasteiger partial charge is 0.333 e. The summed E-state index contributed by atoms with van der Waals surface area (Å²) in [6.07, 6.45) is -18.7. The van der Waals surface area contributed by atoms with Crippen LogP contribution in [0.25, 0.3) is 11.1 Å². The van der Waals surface area contributed by atoms with E-state index in [9.17, 15) is 65.1 Å². The molecule has 0 unspecified atom stereocenters. The number of aromatic hydroxyl groups is 3. The van der Waals surface area contributed by atoms with Gasteiger partial charge in [-0.25, -0.2) is 15.2 Å². The highest BCUT2D eigenvalue weighted by atomic mass is 35.5. The number of hydrogen-bond acceptors (Lipinski definition) is 29. The summed E-state index contributed by atoms with van der Waals surface area (Å²) in [5.41, 5.74) is 10.4. The van der Waals surface area contributed by atoms with Crippen LogP contribution in [-0.4, -0.2) is 248 Å². The number of carbonyl (C=O) groups is 9. The highest BCUT2D eigenvalue weighted by Gasteiger charge is 2.52. The maximum Gasteiger partial charge on any atom is 0.333 e. The molecule has 6 aromatic carbocycles. The number of nitrogens with one attached hydrogen (secondary N) is 12. The van der Waals surface area contributed by atoms with Crippen LogP contribution in [0.1, 0.15) is 112 Å². The Morgan fingerprint density at radius 2 is 1.32 bits per heavy atom. The third kappa shape index (κ3) is 21.5. The molecule has 23 N–H and O–H groups in total. The van der Waals surface area contributed by atoms with Crippen LogP contribution in [0.2, 0.25) is 20.1 Å². The Hall–Kier alpha value is -10.3. The lowest BCUT2D eigenvalue weighted by Gasteiger charge is -2.48. The Bertz CT molecular complexity index is 5000. The average molecular weight is 1810 g/mol. The molecule has 0 aliphatic carbocycles. The number of anilines is 1. The Morgan fingerprint density at radius 1 is 0.694 bits per heavy atom. The molecule has 39 nitrogen and oxygen atoms in total. The molecule has 11 bridgehead atoms. The van der Waals surface area contributed by atoms with Gasteiger partial charge in [-0.15, -0.1) is 0 Å². The van der Waals surface area contributed by atoms with Crippen molar-refractivity contribution < 1.29 is 118 Å². The number of piperazine rings is 1. The number of benzene rings is 6. The molecule has 6 aromatic rings. The first-order chi connectivity index (χ1) is 58.9. The number of hydrogen-bond donors (Lipinski definition) is 22. The van der Waals surface area contributed by atoms with Gasteiger partial charge in [0.2, 0.25) is 53.4 Å². The second kappa shape index (κ2) is 39.9. The molecule has 0 saturated carbocycles. The van der Waals surface area contributed by atoms with Gasteiger partial charge in [-0.1, -0.05) is 85.4 Å². The second-order valence-electron chi connectivity index (χ2n) is 31.3. The lowest BCUT2D eigenvalue weighted by molar-refractivity contribution is -0.334. The van der Waals surface area contributed by atoms with Gasteiger partial charge in [0, 0.05) is 90.7 Å². The molecule has 124 heavy (non-hydrogen) atoms. The van der Waals surface area contributed by atoms with E-state index >= 15 is 24.0 Å². The second-order valence-corrected chi connectivity index (χ2v) is 33.0. The number of fused-ring (bicyclic) bond motifs is 15.